The quantitative estimate of drug-likeness (QED) is 0.638. The highest BCUT2D eigenvalue weighted by molar-refractivity contribution is 5.89. The van der Waals surface area contributed by atoms with Crippen molar-refractivity contribution in [3.63, 3.8) is 0 Å². The molecule has 1 aromatic carbocycles. The molecule has 4 unspecified atom stereocenters. The Bertz CT molecular complexity index is 562. The summed E-state index contributed by atoms with van der Waals surface area (Å²) in [6, 6.07) is 5.95. The summed E-state index contributed by atoms with van der Waals surface area (Å²) in [6.45, 7) is 0.897. The number of hydrogen-bond donors (Lipinski definition) is 3. The third-order valence-corrected chi connectivity index (χ3v) is 4.61. The molecule has 2 fully saturated rings. The first-order valence-electron chi connectivity index (χ1n) is 7.64. The lowest BCUT2D eigenvalue weighted by molar-refractivity contribution is -0.143. The van der Waals surface area contributed by atoms with Gasteiger partial charge in [0.05, 0.1) is 24.8 Å². The number of ether oxygens (including phenoxy) is 2. The molecule has 0 spiro atoms. The van der Waals surface area contributed by atoms with Crippen LogP contribution in [0, 0.1) is 0 Å². The molecule has 0 radical (unpaired) electrons. The molecule has 2 saturated heterocycles. The first kappa shape index (κ1) is 16.2. The van der Waals surface area contributed by atoms with Gasteiger partial charge in [0, 0.05) is 13.1 Å². The molecule has 0 aromatic heterocycles. The highest BCUT2D eigenvalue weighted by atomic mass is 16.6. The molecule has 126 valence electrons. The van der Waals surface area contributed by atoms with Gasteiger partial charge in [0.15, 0.2) is 0 Å². The van der Waals surface area contributed by atoms with Crippen molar-refractivity contribution in [2.45, 2.75) is 36.9 Å². The number of methoxy groups -OCH3 is 1. The van der Waals surface area contributed by atoms with Gasteiger partial charge in [-0.15, -0.1) is 0 Å². The predicted molar refractivity (Wildman–Crippen MR) is 80.2 cm³/mol. The van der Waals surface area contributed by atoms with E-state index in [-0.39, 0.29) is 0 Å². The summed E-state index contributed by atoms with van der Waals surface area (Å²) in [5, 5.41) is 30.3. The third kappa shape index (κ3) is 3.05. The molecule has 3 N–H and O–H groups in total. The standard InChI is InChI=1S/C16H21NO6/c1-22-10-4-2-9(3-5-10)16(21)23-12-8-17-7-6-11(18)13(17)15(20)14(12)19/h2-5,11-15,18-20H,6-8H2,1H3/t11-,12?,13?,14?,15?/m0/s1. The van der Waals surface area contributed by atoms with Gasteiger partial charge in [0.2, 0.25) is 0 Å². The summed E-state index contributed by atoms with van der Waals surface area (Å²) in [4.78, 5) is 14.1. The molecule has 0 amide bonds. The van der Waals surface area contributed by atoms with E-state index in [0.29, 0.717) is 30.8 Å². The van der Waals surface area contributed by atoms with Gasteiger partial charge in [0.25, 0.3) is 0 Å². The van der Waals surface area contributed by atoms with E-state index in [1.807, 2.05) is 4.90 Å². The van der Waals surface area contributed by atoms with Crippen LogP contribution in [0.5, 0.6) is 5.75 Å². The first-order valence-corrected chi connectivity index (χ1v) is 7.64. The second-order valence-corrected chi connectivity index (χ2v) is 5.99. The van der Waals surface area contributed by atoms with E-state index in [9.17, 15) is 20.1 Å². The fourth-order valence-electron chi connectivity index (χ4n) is 3.32. The van der Waals surface area contributed by atoms with Crippen LogP contribution in [-0.4, -0.2) is 76.8 Å². The fraction of sp³-hybridized carbons (Fsp3) is 0.562. The van der Waals surface area contributed by atoms with E-state index in [1.165, 1.54) is 7.11 Å². The second-order valence-electron chi connectivity index (χ2n) is 5.99. The maximum Gasteiger partial charge on any atom is 0.338 e. The van der Waals surface area contributed by atoms with Crippen LogP contribution in [0.3, 0.4) is 0 Å². The minimum Gasteiger partial charge on any atom is -0.497 e. The predicted octanol–water partition coefficient (Wildman–Crippen LogP) is -0.609. The summed E-state index contributed by atoms with van der Waals surface area (Å²) >= 11 is 0. The van der Waals surface area contributed by atoms with Crippen LogP contribution >= 0.6 is 0 Å². The van der Waals surface area contributed by atoms with E-state index in [2.05, 4.69) is 0 Å². The SMILES string of the molecule is COc1ccc(C(=O)OC2CN3CC[C@H](O)C3C(O)C2O)cc1. The number of aliphatic hydroxyl groups is 3. The van der Waals surface area contributed by atoms with E-state index in [1.54, 1.807) is 24.3 Å². The molecular formula is C16H21NO6. The van der Waals surface area contributed by atoms with Crippen molar-refractivity contribution in [1.29, 1.82) is 0 Å². The van der Waals surface area contributed by atoms with Gasteiger partial charge in [-0.2, -0.15) is 0 Å². The smallest absolute Gasteiger partial charge is 0.338 e. The van der Waals surface area contributed by atoms with Crippen LogP contribution in [-0.2, 0) is 4.74 Å². The minimum absolute atomic E-state index is 0.294. The van der Waals surface area contributed by atoms with Gasteiger partial charge >= 0.3 is 5.97 Å². The molecule has 5 atom stereocenters. The van der Waals surface area contributed by atoms with Crippen molar-refractivity contribution in [3.05, 3.63) is 29.8 Å². The van der Waals surface area contributed by atoms with Gasteiger partial charge < -0.3 is 24.8 Å². The zero-order valence-corrected chi connectivity index (χ0v) is 12.8. The molecule has 7 nitrogen and oxygen atoms in total. The lowest BCUT2D eigenvalue weighted by atomic mass is 9.93. The molecular weight excluding hydrogens is 302 g/mol. The van der Waals surface area contributed by atoms with Crippen molar-refractivity contribution in [1.82, 2.24) is 4.90 Å². The number of benzene rings is 1. The Morgan fingerprint density at radius 2 is 1.87 bits per heavy atom. The number of rotatable bonds is 3. The van der Waals surface area contributed by atoms with Crippen LogP contribution in [0.15, 0.2) is 24.3 Å². The fourth-order valence-corrected chi connectivity index (χ4v) is 3.32. The molecule has 1 aromatic rings. The normalized spacial score (nSPS) is 34.0. The number of carbonyl (C=O) groups excluding carboxylic acids is 1. The van der Waals surface area contributed by atoms with Crippen LogP contribution in [0.1, 0.15) is 16.8 Å². The van der Waals surface area contributed by atoms with Crippen LogP contribution in [0.25, 0.3) is 0 Å². The van der Waals surface area contributed by atoms with Crippen molar-refractivity contribution >= 4 is 5.97 Å². The first-order chi connectivity index (χ1) is 11.0. The topological polar surface area (TPSA) is 99.5 Å². The Morgan fingerprint density at radius 1 is 1.17 bits per heavy atom. The monoisotopic (exact) mass is 323 g/mol. The third-order valence-electron chi connectivity index (χ3n) is 4.61. The Kier molecular flexibility index (Phi) is 4.54. The summed E-state index contributed by atoms with van der Waals surface area (Å²) in [5.41, 5.74) is 0.344. The number of carbonyl (C=O) groups is 1. The minimum atomic E-state index is -1.22. The van der Waals surface area contributed by atoms with Crippen molar-refractivity contribution < 1.29 is 29.6 Å². The Hall–Kier alpha value is -1.67. The molecule has 0 saturated carbocycles. The highest BCUT2D eigenvalue weighted by Gasteiger charge is 2.49. The lowest BCUT2D eigenvalue weighted by Gasteiger charge is -2.42. The van der Waals surface area contributed by atoms with Crippen molar-refractivity contribution in [2.75, 3.05) is 20.2 Å². The maximum absolute atomic E-state index is 12.2. The average Bonchev–Trinajstić information content (AvgIpc) is 2.93. The molecule has 7 heteroatoms. The number of esters is 1. The highest BCUT2D eigenvalue weighted by Crippen LogP contribution is 2.29. The zero-order chi connectivity index (χ0) is 16.6. The molecule has 0 aliphatic carbocycles. The Balaban J connectivity index is 1.68. The van der Waals surface area contributed by atoms with Gasteiger partial charge in [0.1, 0.15) is 24.1 Å². The number of aliphatic hydroxyl groups excluding tert-OH is 3. The van der Waals surface area contributed by atoms with Crippen LogP contribution < -0.4 is 4.74 Å². The number of nitrogens with zero attached hydrogens (tertiary/aromatic N) is 1. The number of fused-ring (bicyclic) bond motifs is 1. The summed E-state index contributed by atoms with van der Waals surface area (Å²) in [5.74, 6) is 0.0608. The van der Waals surface area contributed by atoms with E-state index in [0.717, 1.165) is 0 Å². The molecule has 2 aliphatic heterocycles. The Morgan fingerprint density at radius 3 is 2.52 bits per heavy atom. The zero-order valence-electron chi connectivity index (χ0n) is 12.8. The summed E-state index contributed by atoms with van der Waals surface area (Å²) < 4.78 is 10.4. The van der Waals surface area contributed by atoms with Crippen LogP contribution in [0.4, 0.5) is 0 Å². The van der Waals surface area contributed by atoms with E-state index in [4.69, 9.17) is 9.47 Å². The molecule has 0 bridgehead atoms. The largest absolute Gasteiger partial charge is 0.497 e. The summed E-state index contributed by atoms with van der Waals surface area (Å²) in [7, 11) is 1.54. The van der Waals surface area contributed by atoms with E-state index >= 15 is 0 Å². The second kappa shape index (κ2) is 6.45. The number of hydrogen-bond acceptors (Lipinski definition) is 7. The molecule has 23 heavy (non-hydrogen) atoms. The van der Waals surface area contributed by atoms with Gasteiger partial charge in [-0.3, -0.25) is 4.90 Å². The van der Waals surface area contributed by atoms with Crippen LogP contribution in [0.2, 0.25) is 0 Å². The van der Waals surface area contributed by atoms with Crippen molar-refractivity contribution in [3.8, 4) is 5.75 Å². The maximum atomic E-state index is 12.2. The van der Waals surface area contributed by atoms with Gasteiger partial charge in [-0.05, 0) is 30.7 Å². The summed E-state index contributed by atoms with van der Waals surface area (Å²) in [6.07, 6.45) is -3.33. The Labute approximate surface area is 134 Å². The lowest BCUT2D eigenvalue weighted by Crippen LogP contribution is -2.62. The molecule has 2 aliphatic rings. The van der Waals surface area contributed by atoms with Gasteiger partial charge in [-0.1, -0.05) is 0 Å². The molecule has 2 heterocycles. The average molecular weight is 323 g/mol. The van der Waals surface area contributed by atoms with Gasteiger partial charge in [-0.25, -0.2) is 4.79 Å². The molecule has 3 rings (SSSR count). The van der Waals surface area contributed by atoms with Crippen molar-refractivity contribution in [2.24, 2.45) is 0 Å². The van der Waals surface area contributed by atoms with E-state index < -0.39 is 36.4 Å². The number of piperidine rings is 1.